The van der Waals surface area contributed by atoms with Gasteiger partial charge in [0.15, 0.2) is 5.65 Å². The highest BCUT2D eigenvalue weighted by molar-refractivity contribution is 6.00. The Balaban J connectivity index is 1.47. The van der Waals surface area contributed by atoms with Crippen LogP contribution in [0.4, 0.5) is 5.82 Å². The number of anilines is 1. The standard InChI is InChI=1S/C23H27N7O/c1-14-11-19-17(3-7-25-19)12-18(14)21-20-22(24)26-13-27-23(20)30(28-21)10-6-16-4-8-29(9-5-16)15(2)31/h3,7,11-13,16,25H,4-6,8-10H2,1-2H3,(H2,24,26,27). The minimum atomic E-state index is 0.170. The summed E-state index contributed by atoms with van der Waals surface area (Å²) in [6, 6.07) is 6.35. The highest BCUT2D eigenvalue weighted by Crippen LogP contribution is 2.34. The lowest BCUT2D eigenvalue weighted by atomic mass is 9.93. The minimum absolute atomic E-state index is 0.170. The van der Waals surface area contributed by atoms with Crippen LogP contribution in [0.25, 0.3) is 33.2 Å². The fourth-order valence-corrected chi connectivity index (χ4v) is 4.68. The number of piperidine rings is 1. The van der Waals surface area contributed by atoms with Gasteiger partial charge in [-0.2, -0.15) is 5.10 Å². The van der Waals surface area contributed by atoms with Crippen LogP contribution in [0.3, 0.4) is 0 Å². The number of aryl methyl sites for hydroxylation is 2. The summed E-state index contributed by atoms with van der Waals surface area (Å²) < 4.78 is 1.97. The number of hydrogen-bond acceptors (Lipinski definition) is 5. The first kappa shape index (κ1) is 19.5. The normalized spacial score (nSPS) is 15.2. The van der Waals surface area contributed by atoms with Crippen molar-refractivity contribution in [1.29, 1.82) is 0 Å². The monoisotopic (exact) mass is 417 g/mol. The van der Waals surface area contributed by atoms with Crippen LogP contribution in [-0.4, -0.2) is 48.6 Å². The van der Waals surface area contributed by atoms with Gasteiger partial charge in [0.2, 0.25) is 5.91 Å². The van der Waals surface area contributed by atoms with E-state index in [1.54, 1.807) is 6.92 Å². The predicted molar refractivity (Wildman–Crippen MR) is 121 cm³/mol. The van der Waals surface area contributed by atoms with Gasteiger partial charge in [0.05, 0.1) is 5.39 Å². The Labute approximate surface area is 180 Å². The topological polar surface area (TPSA) is 106 Å². The van der Waals surface area contributed by atoms with Gasteiger partial charge in [0, 0.05) is 49.2 Å². The summed E-state index contributed by atoms with van der Waals surface area (Å²) in [6.07, 6.45) is 6.52. The van der Waals surface area contributed by atoms with Gasteiger partial charge >= 0.3 is 0 Å². The van der Waals surface area contributed by atoms with Crippen molar-refractivity contribution in [2.75, 3.05) is 18.8 Å². The number of aromatic nitrogens is 5. The molecule has 3 aromatic heterocycles. The van der Waals surface area contributed by atoms with Gasteiger partial charge in [-0.3, -0.25) is 4.79 Å². The molecule has 0 atom stereocenters. The first-order valence-corrected chi connectivity index (χ1v) is 10.8. The van der Waals surface area contributed by atoms with Gasteiger partial charge in [-0.15, -0.1) is 0 Å². The third-order valence-electron chi connectivity index (χ3n) is 6.52. The molecule has 3 N–H and O–H groups in total. The molecule has 31 heavy (non-hydrogen) atoms. The Morgan fingerprint density at radius 1 is 1.26 bits per heavy atom. The molecular weight excluding hydrogens is 390 g/mol. The zero-order valence-corrected chi connectivity index (χ0v) is 17.9. The summed E-state index contributed by atoms with van der Waals surface area (Å²) in [5, 5.41) is 6.91. The Bertz CT molecular complexity index is 1260. The predicted octanol–water partition coefficient (Wildman–Crippen LogP) is 3.51. The molecule has 1 aromatic carbocycles. The smallest absolute Gasteiger partial charge is 0.219 e. The van der Waals surface area contributed by atoms with Crippen molar-refractivity contribution >= 4 is 33.7 Å². The molecule has 160 valence electrons. The summed E-state index contributed by atoms with van der Waals surface area (Å²) in [5.41, 5.74) is 11.2. The van der Waals surface area contributed by atoms with Crippen molar-refractivity contribution in [1.82, 2.24) is 29.6 Å². The summed E-state index contributed by atoms with van der Waals surface area (Å²) in [7, 11) is 0. The number of aromatic amines is 1. The van der Waals surface area contributed by atoms with Gasteiger partial charge in [0.1, 0.15) is 17.8 Å². The lowest BCUT2D eigenvalue weighted by molar-refractivity contribution is -0.130. The zero-order valence-electron chi connectivity index (χ0n) is 17.9. The van der Waals surface area contributed by atoms with E-state index in [9.17, 15) is 4.79 Å². The van der Waals surface area contributed by atoms with Gasteiger partial charge < -0.3 is 15.6 Å². The van der Waals surface area contributed by atoms with Crippen LogP contribution >= 0.6 is 0 Å². The lowest BCUT2D eigenvalue weighted by Gasteiger charge is -2.31. The van der Waals surface area contributed by atoms with E-state index < -0.39 is 0 Å². The van der Waals surface area contributed by atoms with Crippen LogP contribution < -0.4 is 5.73 Å². The Kier molecular flexibility index (Phi) is 4.84. The lowest BCUT2D eigenvalue weighted by Crippen LogP contribution is -2.37. The van der Waals surface area contributed by atoms with E-state index in [4.69, 9.17) is 10.8 Å². The molecule has 0 saturated carbocycles. The molecule has 8 heteroatoms. The average molecular weight is 418 g/mol. The highest BCUT2D eigenvalue weighted by Gasteiger charge is 2.23. The maximum atomic E-state index is 11.6. The van der Waals surface area contributed by atoms with Gasteiger partial charge in [-0.25, -0.2) is 14.6 Å². The number of H-pyrrole nitrogens is 1. The number of nitrogens with zero attached hydrogens (tertiary/aromatic N) is 5. The molecule has 0 unspecified atom stereocenters. The number of benzene rings is 1. The third-order valence-corrected chi connectivity index (χ3v) is 6.52. The molecule has 1 saturated heterocycles. The number of nitrogens with two attached hydrogens (primary N) is 1. The molecule has 0 bridgehead atoms. The molecule has 1 aliphatic rings. The first-order chi connectivity index (χ1) is 15.0. The van der Waals surface area contributed by atoms with Crippen molar-refractivity contribution in [3.05, 3.63) is 36.3 Å². The number of carbonyl (C=O) groups is 1. The number of hydrogen-bond donors (Lipinski definition) is 2. The van der Waals surface area contributed by atoms with Crippen LogP contribution in [0, 0.1) is 12.8 Å². The van der Waals surface area contributed by atoms with Crippen molar-refractivity contribution in [2.24, 2.45) is 5.92 Å². The molecule has 5 rings (SSSR count). The number of fused-ring (bicyclic) bond motifs is 2. The van der Waals surface area contributed by atoms with Gasteiger partial charge in [-0.1, -0.05) is 0 Å². The number of amides is 1. The summed E-state index contributed by atoms with van der Waals surface area (Å²) in [5.74, 6) is 1.20. The van der Waals surface area contributed by atoms with E-state index in [2.05, 4.69) is 40.1 Å². The van der Waals surface area contributed by atoms with E-state index in [0.29, 0.717) is 11.7 Å². The van der Waals surface area contributed by atoms with Crippen molar-refractivity contribution in [2.45, 2.75) is 39.7 Å². The SMILES string of the molecule is CC(=O)N1CCC(CCn2nc(-c3cc4cc[nH]c4cc3C)c3c(N)ncnc32)CC1. The number of carbonyl (C=O) groups excluding carboxylic acids is 1. The Morgan fingerprint density at radius 3 is 2.84 bits per heavy atom. The fraction of sp³-hybridized carbons (Fsp3) is 0.391. The number of nitrogens with one attached hydrogen (secondary N) is 1. The van der Waals surface area contributed by atoms with E-state index in [0.717, 1.165) is 77.7 Å². The van der Waals surface area contributed by atoms with Gasteiger partial charge in [-0.05, 0) is 55.9 Å². The fourth-order valence-electron chi connectivity index (χ4n) is 4.68. The van der Waals surface area contributed by atoms with Crippen LogP contribution in [0.2, 0.25) is 0 Å². The second-order valence-electron chi connectivity index (χ2n) is 8.50. The summed E-state index contributed by atoms with van der Waals surface area (Å²) in [6.45, 7) is 6.19. The molecule has 1 amide bonds. The van der Waals surface area contributed by atoms with Crippen LogP contribution in [0.1, 0.15) is 31.7 Å². The van der Waals surface area contributed by atoms with E-state index in [1.165, 1.54) is 6.33 Å². The zero-order chi connectivity index (χ0) is 21.5. The van der Waals surface area contributed by atoms with Crippen LogP contribution in [0.5, 0.6) is 0 Å². The van der Waals surface area contributed by atoms with Gasteiger partial charge in [0.25, 0.3) is 0 Å². The molecule has 1 aliphatic heterocycles. The van der Waals surface area contributed by atoms with Crippen LogP contribution in [0.15, 0.2) is 30.7 Å². The first-order valence-electron chi connectivity index (χ1n) is 10.8. The number of nitrogen functional groups attached to an aromatic ring is 1. The molecule has 4 heterocycles. The maximum Gasteiger partial charge on any atom is 0.219 e. The number of likely N-dealkylation sites (tertiary alicyclic amines) is 1. The molecule has 0 radical (unpaired) electrons. The minimum Gasteiger partial charge on any atom is -0.383 e. The molecule has 8 nitrogen and oxygen atoms in total. The second kappa shape index (κ2) is 7.68. The van der Waals surface area contributed by atoms with Crippen LogP contribution in [-0.2, 0) is 11.3 Å². The Morgan fingerprint density at radius 2 is 2.06 bits per heavy atom. The molecule has 0 spiro atoms. The highest BCUT2D eigenvalue weighted by atomic mass is 16.2. The largest absolute Gasteiger partial charge is 0.383 e. The molecule has 1 fully saturated rings. The molecule has 4 aromatic rings. The molecular formula is C23H27N7O. The maximum absolute atomic E-state index is 11.6. The second-order valence-corrected chi connectivity index (χ2v) is 8.50. The van der Waals surface area contributed by atoms with Crippen molar-refractivity contribution in [3.8, 4) is 11.3 Å². The third kappa shape index (κ3) is 3.52. The van der Waals surface area contributed by atoms with E-state index in [1.807, 2.05) is 15.8 Å². The van der Waals surface area contributed by atoms with Crippen molar-refractivity contribution in [3.63, 3.8) is 0 Å². The Hall–Kier alpha value is -3.42. The quantitative estimate of drug-likeness (QED) is 0.528. The van der Waals surface area contributed by atoms with E-state index >= 15 is 0 Å². The van der Waals surface area contributed by atoms with Crippen molar-refractivity contribution < 1.29 is 4.79 Å². The summed E-state index contributed by atoms with van der Waals surface area (Å²) >= 11 is 0. The average Bonchev–Trinajstić information content (AvgIpc) is 3.36. The summed E-state index contributed by atoms with van der Waals surface area (Å²) in [4.78, 5) is 25.5. The molecule has 0 aliphatic carbocycles. The number of rotatable bonds is 4. The van der Waals surface area contributed by atoms with E-state index in [-0.39, 0.29) is 5.91 Å².